The molecule has 1 aromatic rings. The van der Waals surface area contributed by atoms with Crippen LogP contribution in [-0.2, 0) is 0 Å². The van der Waals surface area contributed by atoms with Gasteiger partial charge in [-0.15, -0.1) is 0 Å². The average molecular weight is 188 g/mol. The summed E-state index contributed by atoms with van der Waals surface area (Å²) in [5, 5.41) is 3.09. The number of hydrogen-bond acceptors (Lipinski definition) is 3. The highest BCUT2D eigenvalue weighted by Crippen LogP contribution is 2.27. The summed E-state index contributed by atoms with van der Waals surface area (Å²) in [6.45, 7) is 0. The molecule has 3 nitrogen and oxygen atoms in total. The molecule has 0 unspecified atom stereocenters. The van der Waals surface area contributed by atoms with Crippen molar-refractivity contribution in [3.8, 4) is 0 Å². The number of hydrogen-bond donors (Lipinski definition) is 1. The van der Waals surface area contributed by atoms with E-state index in [2.05, 4.69) is 5.32 Å². The number of nitrogens with one attached hydrogen (secondary N) is 1. The molecule has 14 heavy (non-hydrogen) atoms. The van der Waals surface area contributed by atoms with E-state index < -0.39 is 0 Å². The third-order valence-electron chi connectivity index (χ3n) is 2.07. The number of ketones is 1. The van der Waals surface area contributed by atoms with Crippen molar-refractivity contribution in [3.05, 3.63) is 41.7 Å². The first-order valence-corrected chi connectivity index (χ1v) is 4.47. The van der Waals surface area contributed by atoms with E-state index >= 15 is 0 Å². The van der Waals surface area contributed by atoms with Gasteiger partial charge in [-0.2, -0.15) is 0 Å². The largest absolute Gasteiger partial charge is 0.382 e. The number of benzene rings is 1. The zero-order valence-electron chi connectivity index (χ0n) is 8.24. The molecule has 0 aromatic heterocycles. The molecule has 72 valence electrons. The van der Waals surface area contributed by atoms with E-state index in [1.54, 1.807) is 6.20 Å². The molecular formula is C11H12N2O. The van der Waals surface area contributed by atoms with Crippen molar-refractivity contribution in [2.75, 3.05) is 19.4 Å². The monoisotopic (exact) mass is 188 g/mol. The average Bonchev–Trinajstić information content (AvgIpc) is 2.44. The van der Waals surface area contributed by atoms with Crippen molar-refractivity contribution in [1.29, 1.82) is 0 Å². The summed E-state index contributed by atoms with van der Waals surface area (Å²) < 4.78 is 0. The van der Waals surface area contributed by atoms with Crippen LogP contribution in [0.2, 0.25) is 0 Å². The first kappa shape index (κ1) is 8.81. The second-order valence-electron chi connectivity index (χ2n) is 3.51. The molecule has 0 aliphatic carbocycles. The molecule has 1 heterocycles. The Morgan fingerprint density at radius 3 is 2.64 bits per heavy atom. The number of para-hydroxylation sites is 1. The van der Waals surface area contributed by atoms with E-state index in [4.69, 9.17) is 0 Å². The van der Waals surface area contributed by atoms with Gasteiger partial charge in [0.25, 0.3) is 0 Å². The Balaban J connectivity index is 2.39. The SMILES string of the molecule is CN(C)C=C1Nc2ccccc2C1=O. The van der Waals surface area contributed by atoms with E-state index in [0.29, 0.717) is 5.70 Å². The smallest absolute Gasteiger partial charge is 0.212 e. The van der Waals surface area contributed by atoms with Crippen molar-refractivity contribution < 1.29 is 4.79 Å². The fourth-order valence-corrected chi connectivity index (χ4v) is 1.49. The van der Waals surface area contributed by atoms with Crippen molar-refractivity contribution in [1.82, 2.24) is 4.90 Å². The van der Waals surface area contributed by atoms with Gasteiger partial charge in [-0.25, -0.2) is 0 Å². The molecular weight excluding hydrogens is 176 g/mol. The minimum Gasteiger partial charge on any atom is -0.382 e. The van der Waals surface area contributed by atoms with Crippen LogP contribution in [0.4, 0.5) is 5.69 Å². The van der Waals surface area contributed by atoms with Crippen LogP contribution < -0.4 is 5.32 Å². The lowest BCUT2D eigenvalue weighted by Gasteiger charge is -2.06. The van der Waals surface area contributed by atoms with Crippen LogP contribution in [0.1, 0.15) is 10.4 Å². The van der Waals surface area contributed by atoms with Gasteiger partial charge in [0.1, 0.15) is 5.70 Å². The molecule has 0 fully saturated rings. The Kier molecular flexibility index (Phi) is 2.00. The topological polar surface area (TPSA) is 32.3 Å². The van der Waals surface area contributed by atoms with Gasteiger partial charge in [0.05, 0.1) is 0 Å². The lowest BCUT2D eigenvalue weighted by molar-refractivity contribution is 0.104. The van der Waals surface area contributed by atoms with Gasteiger partial charge in [-0.3, -0.25) is 4.79 Å². The zero-order valence-corrected chi connectivity index (χ0v) is 8.24. The standard InChI is InChI=1S/C11H12N2O/c1-13(2)7-10-11(14)8-5-3-4-6-9(8)12-10/h3-7,12H,1-2H3. The van der Waals surface area contributed by atoms with E-state index in [0.717, 1.165) is 11.3 Å². The van der Waals surface area contributed by atoms with Gasteiger partial charge in [0.2, 0.25) is 5.78 Å². The van der Waals surface area contributed by atoms with Gasteiger partial charge in [-0.05, 0) is 12.1 Å². The van der Waals surface area contributed by atoms with Crippen molar-refractivity contribution >= 4 is 11.5 Å². The Labute approximate surface area is 83.0 Å². The van der Waals surface area contributed by atoms with Crippen molar-refractivity contribution in [2.24, 2.45) is 0 Å². The predicted molar refractivity (Wildman–Crippen MR) is 56.2 cm³/mol. The molecule has 0 spiro atoms. The predicted octanol–water partition coefficient (Wildman–Crippen LogP) is 1.70. The summed E-state index contributed by atoms with van der Waals surface area (Å²) in [4.78, 5) is 13.6. The number of rotatable bonds is 1. The molecule has 0 amide bonds. The van der Waals surface area contributed by atoms with Gasteiger partial charge in [0.15, 0.2) is 0 Å². The highest BCUT2D eigenvalue weighted by Gasteiger charge is 2.23. The number of carbonyl (C=O) groups is 1. The van der Waals surface area contributed by atoms with Crippen LogP contribution in [-0.4, -0.2) is 24.8 Å². The molecule has 0 saturated heterocycles. The Morgan fingerprint density at radius 2 is 2.00 bits per heavy atom. The van der Waals surface area contributed by atoms with Crippen LogP contribution in [0.3, 0.4) is 0 Å². The lowest BCUT2D eigenvalue weighted by Crippen LogP contribution is -2.09. The van der Waals surface area contributed by atoms with Crippen molar-refractivity contribution in [3.63, 3.8) is 0 Å². The summed E-state index contributed by atoms with van der Waals surface area (Å²) in [6, 6.07) is 7.53. The molecule has 0 saturated carbocycles. The zero-order chi connectivity index (χ0) is 10.1. The summed E-state index contributed by atoms with van der Waals surface area (Å²) in [5.41, 5.74) is 2.28. The third-order valence-corrected chi connectivity index (χ3v) is 2.07. The number of anilines is 1. The molecule has 2 rings (SSSR count). The van der Waals surface area contributed by atoms with E-state index in [9.17, 15) is 4.79 Å². The summed E-state index contributed by atoms with van der Waals surface area (Å²) in [5.74, 6) is 0.0642. The molecule has 3 heteroatoms. The highest BCUT2D eigenvalue weighted by molar-refractivity contribution is 6.18. The molecule has 0 radical (unpaired) electrons. The summed E-state index contributed by atoms with van der Waals surface area (Å²) in [7, 11) is 3.79. The van der Waals surface area contributed by atoms with Gasteiger partial charge in [0, 0.05) is 31.5 Å². The van der Waals surface area contributed by atoms with Crippen LogP contribution in [0.25, 0.3) is 0 Å². The molecule has 1 aliphatic rings. The third kappa shape index (κ3) is 1.37. The quantitative estimate of drug-likeness (QED) is 0.681. The number of allylic oxidation sites excluding steroid dienone is 1. The molecule has 0 bridgehead atoms. The van der Waals surface area contributed by atoms with E-state index in [1.807, 2.05) is 43.3 Å². The second kappa shape index (κ2) is 3.18. The fraction of sp³-hybridized carbons (Fsp3) is 0.182. The maximum absolute atomic E-state index is 11.8. The normalized spacial score (nSPS) is 16.7. The van der Waals surface area contributed by atoms with Gasteiger partial charge < -0.3 is 10.2 Å². The Morgan fingerprint density at radius 1 is 1.29 bits per heavy atom. The lowest BCUT2D eigenvalue weighted by atomic mass is 10.1. The molecule has 0 atom stereocenters. The first-order chi connectivity index (χ1) is 6.68. The summed E-state index contributed by atoms with van der Waals surface area (Å²) >= 11 is 0. The molecule has 1 aromatic carbocycles. The van der Waals surface area contributed by atoms with E-state index in [1.165, 1.54) is 0 Å². The number of carbonyl (C=O) groups excluding carboxylic acids is 1. The number of fused-ring (bicyclic) bond motifs is 1. The fourth-order valence-electron chi connectivity index (χ4n) is 1.49. The minimum absolute atomic E-state index is 0.0642. The van der Waals surface area contributed by atoms with Gasteiger partial charge >= 0.3 is 0 Å². The minimum atomic E-state index is 0.0642. The Hall–Kier alpha value is -1.77. The first-order valence-electron chi connectivity index (χ1n) is 4.47. The van der Waals surface area contributed by atoms with E-state index in [-0.39, 0.29) is 5.78 Å². The number of nitrogens with zero attached hydrogens (tertiary/aromatic N) is 1. The maximum Gasteiger partial charge on any atom is 0.212 e. The van der Waals surface area contributed by atoms with Crippen LogP contribution >= 0.6 is 0 Å². The molecule has 1 aliphatic heterocycles. The maximum atomic E-state index is 11.8. The van der Waals surface area contributed by atoms with Crippen LogP contribution in [0.5, 0.6) is 0 Å². The van der Waals surface area contributed by atoms with Crippen LogP contribution in [0, 0.1) is 0 Å². The second-order valence-corrected chi connectivity index (χ2v) is 3.51. The Bertz CT molecular complexity index is 408. The number of Topliss-reactive ketones (excluding diaryl/α,β-unsaturated/α-hetero) is 1. The van der Waals surface area contributed by atoms with Crippen molar-refractivity contribution in [2.45, 2.75) is 0 Å². The van der Waals surface area contributed by atoms with Crippen LogP contribution in [0.15, 0.2) is 36.2 Å². The molecule has 1 N–H and O–H groups in total. The summed E-state index contributed by atoms with van der Waals surface area (Å²) in [6.07, 6.45) is 1.79. The van der Waals surface area contributed by atoms with Gasteiger partial charge in [-0.1, -0.05) is 12.1 Å². The highest BCUT2D eigenvalue weighted by atomic mass is 16.1.